The molecule has 2 heterocycles. The second-order valence-corrected chi connectivity index (χ2v) is 6.80. The van der Waals surface area contributed by atoms with Crippen molar-refractivity contribution in [3.8, 4) is 0 Å². The van der Waals surface area contributed by atoms with Crippen molar-refractivity contribution in [2.75, 3.05) is 26.2 Å². The van der Waals surface area contributed by atoms with Gasteiger partial charge >= 0.3 is 0 Å². The average Bonchev–Trinajstić information content (AvgIpc) is 2.55. The van der Waals surface area contributed by atoms with Gasteiger partial charge in [0.1, 0.15) is 5.56 Å². The molecule has 1 fully saturated rings. The molecule has 1 aromatic heterocycles. The number of nitrogens with one attached hydrogen (secondary N) is 2. The second-order valence-electron chi connectivity index (χ2n) is 6.80. The zero-order valence-corrected chi connectivity index (χ0v) is 16.2. The van der Waals surface area contributed by atoms with E-state index in [4.69, 9.17) is 4.74 Å². The van der Waals surface area contributed by atoms with Crippen LogP contribution in [0.4, 0.5) is 0 Å². The quantitative estimate of drug-likeness (QED) is 0.765. The van der Waals surface area contributed by atoms with Crippen molar-refractivity contribution >= 4 is 18.3 Å². The lowest BCUT2D eigenvalue weighted by Gasteiger charge is -2.23. The molecule has 2 rings (SSSR count). The summed E-state index contributed by atoms with van der Waals surface area (Å²) in [7, 11) is 0. The highest BCUT2D eigenvalue weighted by molar-refractivity contribution is 5.95. The lowest BCUT2D eigenvalue weighted by atomic mass is 10.1. The molecule has 1 saturated heterocycles. The first-order chi connectivity index (χ1) is 11.5. The molecule has 0 radical (unpaired) electrons. The van der Waals surface area contributed by atoms with E-state index < -0.39 is 0 Å². The van der Waals surface area contributed by atoms with Gasteiger partial charge in [-0.3, -0.25) is 9.59 Å². The summed E-state index contributed by atoms with van der Waals surface area (Å²) >= 11 is 0. The van der Waals surface area contributed by atoms with Crippen molar-refractivity contribution in [1.29, 1.82) is 0 Å². The van der Waals surface area contributed by atoms with Crippen LogP contribution in [-0.4, -0.2) is 42.8 Å². The SMILES string of the molecule is Cc1ccn(CCC(C)C)c(=O)c1C(=O)NCCC1CNCCO1.Cl. The normalized spacial score (nSPS) is 17.2. The van der Waals surface area contributed by atoms with Crippen molar-refractivity contribution < 1.29 is 9.53 Å². The number of hydrogen-bond acceptors (Lipinski definition) is 4. The van der Waals surface area contributed by atoms with Gasteiger partial charge in [-0.25, -0.2) is 0 Å². The molecule has 25 heavy (non-hydrogen) atoms. The summed E-state index contributed by atoms with van der Waals surface area (Å²) in [6, 6.07) is 1.84. The number of aromatic nitrogens is 1. The van der Waals surface area contributed by atoms with Crippen LogP contribution in [0.3, 0.4) is 0 Å². The molecule has 0 saturated carbocycles. The number of pyridine rings is 1. The summed E-state index contributed by atoms with van der Waals surface area (Å²) in [5.41, 5.74) is 0.765. The summed E-state index contributed by atoms with van der Waals surface area (Å²) < 4.78 is 7.24. The van der Waals surface area contributed by atoms with Gasteiger partial charge in [-0.2, -0.15) is 0 Å². The van der Waals surface area contributed by atoms with Gasteiger partial charge in [0.15, 0.2) is 0 Å². The molecule has 1 amide bonds. The Hall–Kier alpha value is -1.37. The predicted octanol–water partition coefficient (Wildman–Crippen LogP) is 1.73. The lowest BCUT2D eigenvalue weighted by Crippen LogP contribution is -2.41. The van der Waals surface area contributed by atoms with Gasteiger partial charge in [0, 0.05) is 32.4 Å². The van der Waals surface area contributed by atoms with Crippen molar-refractivity contribution in [3.63, 3.8) is 0 Å². The number of halogens is 1. The average molecular weight is 372 g/mol. The molecule has 7 heteroatoms. The molecule has 2 N–H and O–H groups in total. The van der Waals surface area contributed by atoms with E-state index in [2.05, 4.69) is 24.5 Å². The van der Waals surface area contributed by atoms with Crippen molar-refractivity contribution in [2.45, 2.75) is 46.3 Å². The fourth-order valence-electron chi connectivity index (χ4n) is 2.75. The number of aryl methyl sites for hydroxylation is 2. The highest BCUT2D eigenvalue weighted by atomic mass is 35.5. The summed E-state index contributed by atoms with van der Waals surface area (Å²) in [6.45, 7) is 9.58. The van der Waals surface area contributed by atoms with Crippen LogP contribution in [0.1, 0.15) is 42.6 Å². The number of nitrogens with zero attached hydrogens (tertiary/aromatic N) is 1. The second kappa shape index (κ2) is 10.6. The maximum atomic E-state index is 12.6. The Kier molecular flexibility index (Phi) is 9.17. The molecule has 0 aromatic carbocycles. The maximum Gasteiger partial charge on any atom is 0.263 e. The monoisotopic (exact) mass is 371 g/mol. The van der Waals surface area contributed by atoms with Crippen molar-refractivity contribution in [2.24, 2.45) is 5.92 Å². The molecule has 1 aromatic rings. The minimum Gasteiger partial charge on any atom is -0.376 e. The van der Waals surface area contributed by atoms with Crippen LogP contribution in [0, 0.1) is 12.8 Å². The third-order valence-electron chi connectivity index (χ3n) is 4.30. The highest BCUT2D eigenvalue weighted by Gasteiger charge is 2.17. The fourth-order valence-corrected chi connectivity index (χ4v) is 2.75. The Morgan fingerprint density at radius 1 is 1.48 bits per heavy atom. The Balaban J connectivity index is 0.00000312. The van der Waals surface area contributed by atoms with Gasteiger partial charge in [-0.1, -0.05) is 13.8 Å². The highest BCUT2D eigenvalue weighted by Crippen LogP contribution is 2.06. The van der Waals surface area contributed by atoms with E-state index >= 15 is 0 Å². The molecule has 0 bridgehead atoms. The van der Waals surface area contributed by atoms with Crippen LogP contribution in [0.25, 0.3) is 0 Å². The molecule has 142 valence electrons. The number of morpholine rings is 1. The Morgan fingerprint density at radius 3 is 2.88 bits per heavy atom. The van der Waals surface area contributed by atoms with Crippen LogP contribution >= 0.6 is 12.4 Å². The molecule has 1 atom stereocenters. The van der Waals surface area contributed by atoms with E-state index in [0.717, 1.165) is 25.9 Å². The standard InChI is InChI=1S/C18H29N3O3.ClH/c1-13(2)5-9-21-10-6-14(3)16(18(21)23)17(22)20-7-4-15-12-19-8-11-24-15;/h6,10,13,15,19H,4-5,7-9,11-12H2,1-3H3,(H,20,22);1H. The number of amides is 1. The van der Waals surface area contributed by atoms with Gasteiger partial charge < -0.3 is 19.9 Å². The van der Waals surface area contributed by atoms with Gasteiger partial charge in [0.2, 0.25) is 0 Å². The predicted molar refractivity (Wildman–Crippen MR) is 102 cm³/mol. The maximum absolute atomic E-state index is 12.6. The molecule has 1 aliphatic rings. The smallest absolute Gasteiger partial charge is 0.263 e. The number of carbonyl (C=O) groups excluding carboxylic acids is 1. The Bertz CT molecular complexity index is 610. The van der Waals surface area contributed by atoms with Crippen molar-refractivity contribution in [1.82, 2.24) is 15.2 Å². The summed E-state index contributed by atoms with van der Waals surface area (Å²) in [6.07, 6.45) is 3.55. The fraction of sp³-hybridized carbons (Fsp3) is 0.667. The van der Waals surface area contributed by atoms with Crippen LogP contribution in [-0.2, 0) is 11.3 Å². The number of hydrogen-bond donors (Lipinski definition) is 2. The first-order valence-corrected chi connectivity index (χ1v) is 8.79. The summed E-state index contributed by atoms with van der Waals surface area (Å²) in [5.74, 6) is 0.222. The van der Waals surface area contributed by atoms with E-state index in [9.17, 15) is 9.59 Å². The molecule has 1 aliphatic heterocycles. The minimum absolute atomic E-state index is 0. The first-order valence-electron chi connectivity index (χ1n) is 8.79. The minimum atomic E-state index is -0.292. The van der Waals surface area contributed by atoms with Crippen LogP contribution in [0.2, 0.25) is 0 Å². The number of ether oxygens (including phenoxy) is 1. The van der Waals surface area contributed by atoms with Crippen LogP contribution in [0.5, 0.6) is 0 Å². The van der Waals surface area contributed by atoms with E-state index in [1.165, 1.54) is 0 Å². The van der Waals surface area contributed by atoms with E-state index in [0.29, 0.717) is 31.2 Å². The van der Waals surface area contributed by atoms with Crippen molar-refractivity contribution in [3.05, 3.63) is 33.7 Å². The molecular weight excluding hydrogens is 342 g/mol. The van der Waals surface area contributed by atoms with Gasteiger partial charge in [-0.15, -0.1) is 12.4 Å². The topological polar surface area (TPSA) is 72.4 Å². The molecule has 0 spiro atoms. The first kappa shape index (κ1) is 21.7. The summed E-state index contributed by atoms with van der Waals surface area (Å²) in [4.78, 5) is 25.0. The largest absolute Gasteiger partial charge is 0.376 e. The third-order valence-corrected chi connectivity index (χ3v) is 4.30. The van der Waals surface area contributed by atoms with Gasteiger partial charge in [-0.05, 0) is 37.3 Å². The zero-order chi connectivity index (χ0) is 17.5. The van der Waals surface area contributed by atoms with E-state index in [1.54, 1.807) is 17.7 Å². The molecule has 0 aliphatic carbocycles. The van der Waals surface area contributed by atoms with Crippen LogP contribution < -0.4 is 16.2 Å². The van der Waals surface area contributed by atoms with Gasteiger partial charge in [0.05, 0.1) is 12.7 Å². The molecule has 6 nitrogen and oxygen atoms in total. The molecular formula is C18H30ClN3O3. The Labute approximate surface area is 155 Å². The van der Waals surface area contributed by atoms with E-state index in [1.807, 2.05) is 6.07 Å². The number of rotatable bonds is 7. The lowest BCUT2D eigenvalue weighted by molar-refractivity contribution is 0.0239. The molecule has 1 unspecified atom stereocenters. The summed E-state index contributed by atoms with van der Waals surface area (Å²) in [5, 5.41) is 6.12. The number of carbonyl (C=O) groups is 1. The zero-order valence-electron chi connectivity index (χ0n) is 15.3. The van der Waals surface area contributed by atoms with E-state index in [-0.39, 0.29) is 35.5 Å². The van der Waals surface area contributed by atoms with Gasteiger partial charge in [0.25, 0.3) is 11.5 Å². The third kappa shape index (κ3) is 6.45. The van der Waals surface area contributed by atoms with Crippen LogP contribution in [0.15, 0.2) is 17.1 Å². The Morgan fingerprint density at radius 2 is 2.24 bits per heavy atom.